The lowest BCUT2D eigenvalue weighted by atomic mass is 10.2. The van der Waals surface area contributed by atoms with Crippen LogP contribution in [0.3, 0.4) is 0 Å². The van der Waals surface area contributed by atoms with Gasteiger partial charge in [0, 0.05) is 18.2 Å². The molecule has 0 fully saturated rings. The number of hydrogen-bond donors (Lipinski definition) is 1. The summed E-state index contributed by atoms with van der Waals surface area (Å²) in [7, 11) is 0. The Balaban J connectivity index is 2.63. The lowest BCUT2D eigenvalue weighted by Gasteiger charge is -2.04. The molecule has 1 rings (SSSR count). The molecular weight excluding hydrogens is 212 g/mol. The molecule has 1 amide bonds. The Morgan fingerprint density at radius 2 is 2.14 bits per heavy atom. The van der Waals surface area contributed by atoms with Crippen molar-refractivity contribution in [3.8, 4) is 0 Å². The highest BCUT2D eigenvalue weighted by atomic mass is 35.5. The molecule has 14 heavy (non-hydrogen) atoms. The normalized spacial score (nSPS) is 9.93. The van der Waals surface area contributed by atoms with E-state index in [4.69, 9.17) is 11.6 Å². The Labute approximate surface area is 84.9 Å². The zero-order valence-electron chi connectivity index (χ0n) is 7.19. The van der Waals surface area contributed by atoms with Gasteiger partial charge in [-0.15, -0.1) is 11.6 Å². The molecule has 1 aromatic rings. The maximum atomic E-state index is 13.0. The number of benzene rings is 1. The Morgan fingerprint density at radius 3 is 2.71 bits per heavy atom. The quantitative estimate of drug-likeness (QED) is 0.772. The van der Waals surface area contributed by atoms with Crippen LogP contribution in [0.1, 0.15) is 5.56 Å². The van der Waals surface area contributed by atoms with Gasteiger partial charge in [-0.2, -0.15) is 0 Å². The summed E-state index contributed by atoms with van der Waals surface area (Å²) in [5.74, 6) is -1.90. The van der Waals surface area contributed by atoms with E-state index in [0.29, 0.717) is 0 Å². The molecule has 0 heterocycles. The van der Waals surface area contributed by atoms with Gasteiger partial charge in [-0.1, -0.05) is 6.07 Å². The molecule has 0 saturated carbocycles. The van der Waals surface area contributed by atoms with E-state index in [-0.39, 0.29) is 18.0 Å². The molecule has 0 aromatic heterocycles. The molecule has 1 aromatic carbocycles. The molecule has 5 heteroatoms. The van der Waals surface area contributed by atoms with Gasteiger partial charge in [0.25, 0.3) is 0 Å². The van der Waals surface area contributed by atoms with Crippen molar-refractivity contribution in [2.75, 3.05) is 5.88 Å². The summed E-state index contributed by atoms with van der Waals surface area (Å²) in [4.78, 5) is 10.7. The third-order valence-electron chi connectivity index (χ3n) is 1.61. The predicted octanol–water partition coefficient (Wildman–Crippen LogP) is 1.82. The van der Waals surface area contributed by atoms with Gasteiger partial charge in [0.15, 0.2) is 0 Å². The van der Waals surface area contributed by atoms with Crippen LogP contribution in [-0.2, 0) is 11.3 Å². The van der Waals surface area contributed by atoms with Crippen molar-refractivity contribution in [3.63, 3.8) is 0 Å². The van der Waals surface area contributed by atoms with Gasteiger partial charge in [-0.05, 0) is 6.07 Å². The minimum absolute atomic E-state index is 0.0116. The monoisotopic (exact) mass is 219 g/mol. The van der Waals surface area contributed by atoms with E-state index in [1.54, 1.807) is 0 Å². The van der Waals surface area contributed by atoms with Gasteiger partial charge in [0.1, 0.15) is 17.5 Å². The van der Waals surface area contributed by atoms with Crippen LogP contribution in [0, 0.1) is 11.6 Å². The average molecular weight is 220 g/mol. The van der Waals surface area contributed by atoms with Crippen molar-refractivity contribution < 1.29 is 13.6 Å². The Hall–Kier alpha value is -1.16. The fourth-order valence-electron chi connectivity index (χ4n) is 0.906. The van der Waals surface area contributed by atoms with Crippen LogP contribution in [-0.4, -0.2) is 11.8 Å². The highest BCUT2D eigenvalue weighted by Crippen LogP contribution is 2.08. The number of halogens is 3. The highest BCUT2D eigenvalue weighted by molar-refractivity contribution is 6.27. The first-order valence-corrected chi connectivity index (χ1v) is 4.43. The maximum absolute atomic E-state index is 13.0. The molecule has 0 radical (unpaired) electrons. The molecule has 0 spiro atoms. The van der Waals surface area contributed by atoms with Gasteiger partial charge in [0.05, 0.1) is 0 Å². The average Bonchev–Trinajstić information content (AvgIpc) is 2.16. The molecule has 2 nitrogen and oxygen atoms in total. The van der Waals surface area contributed by atoms with Gasteiger partial charge >= 0.3 is 0 Å². The third kappa shape index (κ3) is 2.96. The number of nitrogens with one attached hydrogen (secondary N) is 1. The van der Waals surface area contributed by atoms with Crippen LogP contribution in [0.5, 0.6) is 0 Å². The molecule has 0 aliphatic rings. The van der Waals surface area contributed by atoms with Gasteiger partial charge in [-0.25, -0.2) is 8.78 Å². The SMILES string of the molecule is O=C(CCl)NCc1ccc(F)cc1F. The molecule has 0 aliphatic carbocycles. The maximum Gasteiger partial charge on any atom is 0.235 e. The number of alkyl halides is 1. The summed E-state index contributed by atoms with van der Waals surface area (Å²) in [6.45, 7) is 0.0116. The molecule has 0 saturated heterocycles. The molecule has 0 unspecified atom stereocenters. The fraction of sp³-hybridized carbons (Fsp3) is 0.222. The van der Waals surface area contributed by atoms with Crippen molar-refractivity contribution in [2.45, 2.75) is 6.54 Å². The summed E-state index contributed by atoms with van der Waals surface area (Å²) >= 11 is 5.22. The van der Waals surface area contributed by atoms with Gasteiger partial charge < -0.3 is 5.32 Å². The summed E-state index contributed by atoms with van der Waals surface area (Å²) in [5, 5.41) is 2.38. The van der Waals surface area contributed by atoms with E-state index in [1.807, 2.05) is 0 Å². The zero-order chi connectivity index (χ0) is 10.6. The van der Waals surface area contributed by atoms with E-state index in [9.17, 15) is 13.6 Å². The van der Waals surface area contributed by atoms with Crippen molar-refractivity contribution in [2.24, 2.45) is 0 Å². The van der Waals surface area contributed by atoms with Crippen LogP contribution in [0.4, 0.5) is 8.78 Å². The van der Waals surface area contributed by atoms with Gasteiger partial charge in [-0.3, -0.25) is 4.79 Å². The molecule has 76 valence electrons. The van der Waals surface area contributed by atoms with Crippen molar-refractivity contribution in [1.29, 1.82) is 0 Å². The largest absolute Gasteiger partial charge is 0.351 e. The Morgan fingerprint density at radius 1 is 1.43 bits per heavy atom. The van der Waals surface area contributed by atoms with E-state index in [0.717, 1.165) is 12.1 Å². The van der Waals surface area contributed by atoms with Crippen LogP contribution in [0.15, 0.2) is 18.2 Å². The van der Waals surface area contributed by atoms with Crippen molar-refractivity contribution in [3.05, 3.63) is 35.4 Å². The minimum Gasteiger partial charge on any atom is -0.351 e. The van der Waals surface area contributed by atoms with E-state index < -0.39 is 17.5 Å². The summed E-state index contributed by atoms with van der Waals surface area (Å²) in [6, 6.07) is 3.17. The van der Waals surface area contributed by atoms with E-state index in [1.165, 1.54) is 6.07 Å². The minimum atomic E-state index is -0.681. The smallest absolute Gasteiger partial charge is 0.235 e. The Kier molecular flexibility index (Phi) is 3.83. The summed E-state index contributed by atoms with van der Waals surface area (Å²) in [5.41, 5.74) is 0.227. The molecule has 0 aliphatic heterocycles. The highest BCUT2D eigenvalue weighted by Gasteiger charge is 2.04. The van der Waals surface area contributed by atoms with Crippen LogP contribution < -0.4 is 5.32 Å². The Bertz CT molecular complexity index is 344. The van der Waals surface area contributed by atoms with Crippen LogP contribution >= 0.6 is 11.6 Å². The second-order valence-electron chi connectivity index (χ2n) is 2.65. The van der Waals surface area contributed by atoms with E-state index in [2.05, 4.69) is 5.32 Å². The number of carbonyl (C=O) groups excluding carboxylic acids is 1. The topological polar surface area (TPSA) is 29.1 Å². The summed E-state index contributed by atoms with van der Waals surface area (Å²) in [6.07, 6.45) is 0. The molecule has 0 atom stereocenters. The molecule has 1 N–H and O–H groups in total. The van der Waals surface area contributed by atoms with Crippen molar-refractivity contribution in [1.82, 2.24) is 5.32 Å². The first-order chi connectivity index (χ1) is 6.63. The van der Waals surface area contributed by atoms with Crippen molar-refractivity contribution >= 4 is 17.5 Å². The predicted molar refractivity (Wildman–Crippen MR) is 48.9 cm³/mol. The zero-order valence-corrected chi connectivity index (χ0v) is 7.94. The molecular formula is C9H8ClF2NO. The second-order valence-corrected chi connectivity index (χ2v) is 2.91. The van der Waals surface area contributed by atoms with E-state index >= 15 is 0 Å². The number of carbonyl (C=O) groups is 1. The van der Waals surface area contributed by atoms with Crippen LogP contribution in [0.25, 0.3) is 0 Å². The lowest BCUT2D eigenvalue weighted by molar-refractivity contribution is -0.118. The lowest BCUT2D eigenvalue weighted by Crippen LogP contribution is -2.24. The number of amides is 1. The third-order valence-corrected chi connectivity index (χ3v) is 1.86. The first kappa shape index (κ1) is 10.9. The van der Waals surface area contributed by atoms with Gasteiger partial charge in [0.2, 0.25) is 5.91 Å². The molecule has 0 bridgehead atoms. The standard InChI is InChI=1S/C9H8ClF2NO/c10-4-9(14)13-5-6-1-2-7(11)3-8(6)12/h1-3H,4-5H2,(H,13,14). The first-order valence-electron chi connectivity index (χ1n) is 3.90. The number of hydrogen-bond acceptors (Lipinski definition) is 1. The second kappa shape index (κ2) is 4.91. The number of rotatable bonds is 3. The fourth-order valence-corrected chi connectivity index (χ4v) is 1.00. The summed E-state index contributed by atoms with van der Waals surface area (Å²) < 4.78 is 25.4. The van der Waals surface area contributed by atoms with Crippen LogP contribution in [0.2, 0.25) is 0 Å².